The van der Waals surface area contributed by atoms with Crippen LogP contribution in [-0.2, 0) is 4.74 Å². The minimum absolute atomic E-state index is 0.0598. The number of methoxy groups -OCH3 is 1. The molecule has 1 aromatic rings. The molecule has 0 saturated carbocycles. The average molecular weight is 270 g/mol. The number of benzene rings is 1. The molecule has 2 rings (SSSR count). The molecule has 1 saturated heterocycles. The Bertz CT molecular complexity index is 428. The van der Waals surface area contributed by atoms with Crippen molar-refractivity contribution in [2.24, 2.45) is 5.73 Å². The Morgan fingerprint density at radius 2 is 2.16 bits per heavy atom. The van der Waals surface area contributed by atoms with E-state index in [0.29, 0.717) is 6.61 Å². The van der Waals surface area contributed by atoms with Crippen molar-refractivity contribution in [2.45, 2.75) is 24.9 Å². The number of hydrogen-bond acceptors (Lipinski definition) is 3. The van der Waals surface area contributed by atoms with Gasteiger partial charge in [0.05, 0.1) is 12.6 Å². The third kappa shape index (κ3) is 3.29. The maximum Gasteiger partial charge on any atom is 0.159 e. The Kier molecular flexibility index (Phi) is 4.85. The third-order valence-electron chi connectivity index (χ3n) is 3.65. The molecule has 0 spiro atoms. The zero-order valence-corrected chi connectivity index (χ0v) is 11.1. The molecule has 1 heterocycles. The molecule has 3 nitrogen and oxygen atoms in total. The summed E-state index contributed by atoms with van der Waals surface area (Å²) in [5.74, 6) is -1.64. The lowest BCUT2D eigenvalue weighted by atomic mass is 9.91. The summed E-state index contributed by atoms with van der Waals surface area (Å²) in [5.41, 5.74) is 6.90. The monoisotopic (exact) mass is 270 g/mol. The molecule has 1 aliphatic heterocycles. The highest BCUT2D eigenvalue weighted by Gasteiger charge is 2.30. The second-order valence-corrected chi connectivity index (χ2v) is 4.95. The van der Waals surface area contributed by atoms with E-state index in [1.807, 2.05) is 0 Å². The van der Waals surface area contributed by atoms with E-state index in [2.05, 4.69) is 4.90 Å². The van der Waals surface area contributed by atoms with Crippen molar-refractivity contribution in [3.63, 3.8) is 0 Å². The molecule has 19 heavy (non-hydrogen) atoms. The molecule has 1 fully saturated rings. The van der Waals surface area contributed by atoms with Gasteiger partial charge >= 0.3 is 0 Å². The van der Waals surface area contributed by atoms with E-state index in [-0.39, 0.29) is 12.1 Å². The summed E-state index contributed by atoms with van der Waals surface area (Å²) in [6.45, 7) is 2.25. The quantitative estimate of drug-likeness (QED) is 0.910. The fourth-order valence-electron chi connectivity index (χ4n) is 2.71. The van der Waals surface area contributed by atoms with Gasteiger partial charge in [0, 0.05) is 19.7 Å². The van der Waals surface area contributed by atoms with Gasteiger partial charge in [0.25, 0.3) is 0 Å². The minimum Gasteiger partial charge on any atom is -0.383 e. The molecule has 0 amide bonds. The van der Waals surface area contributed by atoms with Gasteiger partial charge in [0.2, 0.25) is 0 Å². The molecule has 106 valence electrons. The smallest absolute Gasteiger partial charge is 0.159 e. The highest BCUT2D eigenvalue weighted by atomic mass is 19.2. The lowest BCUT2D eigenvalue weighted by Gasteiger charge is -2.40. The Labute approximate surface area is 112 Å². The largest absolute Gasteiger partial charge is 0.383 e. The molecule has 2 atom stereocenters. The first-order valence-electron chi connectivity index (χ1n) is 6.57. The fraction of sp³-hybridized carbons (Fsp3) is 0.571. The van der Waals surface area contributed by atoms with Crippen molar-refractivity contribution in [1.82, 2.24) is 4.90 Å². The number of hydrogen-bond donors (Lipinski definition) is 1. The summed E-state index contributed by atoms with van der Waals surface area (Å²) in [6, 6.07) is 3.91. The van der Waals surface area contributed by atoms with Crippen LogP contribution in [0.2, 0.25) is 0 Å². The topological polar surface area (TPSA) is 38.5 Å². The van der Waals surface area contributed by atoms with Crippen molar-refractivity contribution in [2.75, 3.05) is 26.8 Å². The van der Waals surface area contributed by atoms with E-state index < -0.39 is 11.6 Å². The molecule has 0 radical (unpaired) electrons. The maximum atomic E-state index is 13.4. The molecular formula is C14H20F2N2O. The van der Waals surface area contributed by atoms with E-state index in [1.54, 1.807) is 13.2 Å². The SMILES string of the molecule is COCCN1CCCC(N)C1c1ccc(F)c(F)c1. The van der Waals surface area contributed by atoms with Gasteiger partial charge in [-0.05, 0) is 37.1 Å². The number of nitrogens with two attached hydrogens (primary N) is 1. The Balaban J connectivity index is 2.22. The van der Waals surface area contributed by atoms with Crippen LogP contribution in [0.1, 0.15) is 24.4 Å². The van der Waals surface area contributed by atoms with E-state index in [0.717, 1.165) is 31.5 Å². The van der Waals surface area contributed by atoms with Crippen LogP contribution in [0.5, 0.6) is 0 Å². The molecule has 5 heteroatoms. The first kappa shape index (κ1) is 14.4. The van der Waals surface area contributed by atoms with Gasteiger partial charge < -0.3 is 10.5 Å². The number of piperidine rings is 1. The molecule has 1 aliphatic rings. The number of ether oxygens (including phenoxy) is 1. The molecule has 2 unspecified atom stereocenters. The van der Waals surface area contributed by atoms with Gasteiger partial charge in [-0.25, -0.2) is 8.78 Å². The third-order valence-corrected chi connectivity index (χ3v) is 3.65. The van der Waals surface area contributed by atoms with Crippen LogP contribution < -0.4 is 5.73 Å². The summed E-state index contributed by atoms with van der Waals surface area (Å²) >= 11 is 0. The Morgan fingerprint density at radius 1 is 1.37 bits per heavy atom. The standard InChI is InChI=1S/C14H20F2N2O/c1-19-8-7-18-6-2-3-13(17)14(18)10-4-5-11(15)12(16)9-10/h4-5,9,13-14H,2-3,6-8,17H2,1H3. The highest BCUT2D eigenvalue weighted by Crippen LogP contribution is 2.30. The summed E-state index contributed by atoms with van der Waals surface area (Å²) in [7, 11) is 1.65. The Hall–Kier alpha value is -1.04. The van der Waals surface area contributed by atoms with Crippen LogP contribution >= 0.6 is 0 Å². The van der Waals surface area contributed by atoms with Crippen LogP contribution in [0.4, 0.5) is 8.78 Å². The normalized spacial score (nSPS) is 24.6. The van der Waals surface area contributed by atoms with Gasteiger partial charge in [-0.2, -0.15) is 0 Å². The van der Waals surface area contributed by atoms with E-state index in [1.165, 1.54) is 12.1 Å². The number of nitrogens with zero attached hydrogens (tertiary/aromatic N) is 1. The first-order chi connectivity index (χ1) is 9.13. The predicted molar refractivity (Wildman–Crippen MR) is 69.8 cm³/mol. The van der Waals surface area contributed by atoms with Crippen molar-refractivity contribution in [1.29, 1.82) is 0 Å². The molecule has 0 aromatic heterocycles. The van der Waals surface area contributed by atoms with Gasteiger partial charge in [-0.1, -0.05) is 6.07 Å². The van der Waals surface area contributed by atoms with Crippen molar-refractivity contribution >= 4 is 0 Å². The van der Waals surface area contributed by atoms with Crippen molar-refractivity contribution < 1.29 is 13.5 Å². The van der Waals surface area contributed by atoms with Crippen molar-refractivity contribution in [3.8, 4) is 0 Å². The molecule has 0 bridgehead atoms. The zero-order chi connectivity index (χ0) is 13.8. The number of likely N-dealkylation sites (tertiary alicyclic amines) is 1. The average Bonchev–Trinajstić information content (AvgIpc) is 2.40. The predicted octanol–water partition coefficient (Wildman–Crippen LogP) is 2.08. The van der Waals surface area contributed by atoms with Crippen LogP contribution in [-0.4, -0.2) is 37.7 Å². The lowest BCUT2D eigenvalue weighted by Crippen LogP contribution is -2.47. The second kappa shape index (κ2) is 6.41. The van der Waals surface area contributed by atoms with Crippen molar-refractivity contribution in [3.05, 3.63) is 35.4 Å². The van der Waals surface area contributed by atoms with Gasteiger partial charge in [-0.15, -0.1) is 0 Å². The van der Waals surface area contributed by atoms with Gasteiger partial charge in [0.15, 0.2) is 11.6 Å². The summed E-state index contributed by atoms with van der Waals surface area (Å²) in [4.78, 5) is 2.18. The van der Waals surface area contributed by atoms with Crippen LogP contribution in [0, 0.1) is 11.6 Å². The highest BCUT2D eigenvalue weighted by molar-refractivity contribution is 5.23. The van der Waals surface area contributed by atoms with E-state index in [9.17, 15) is 8.78 Å². The Morgan fingerprint density at radius 3 is 2.84 bits per heavy atom. The van der Waals surface area contributed by atoms with Gasteiger partial charge in [0.1, 0.15) is 0 Å². The zero-order valence-electron chi connectivity index (χ0n) is 11.1. The minimum atomic E-state index is -0.823. The second-order valence-electron chi connectivity index (χ2n) is 4.95. The molecular weight excluding hydrogens is 250 g/mol. The number of halogens is 2. The summed E-state index contributed by atoms with van der Waals surface area (Å²) in [5, 5.41) is 0. The van der Waals surface area contributed by atoms with Crippen LogP contribution in [0.15, 0.2) is 18.2 Å². The number of rotatable bonds is 4. The van der Waals surface area contributed by atoms with Crippen LogP contribution in [0.3, 0.4) is 0 Å². The maximum absolute atomic E-state index is 13.4. The lowest BCUT2D eigenvalue weighted by molar-refractivity contribution is 0.0846. The fourth-order valence-corrected chi connectivity index (χ4v) is 2.71. The molecule has 1 aromatic carbocycles. The van der Waals surface area contributed by atoms with Gasteiger partial charge in [-0.3, -0.25) is 4.90 Å². The summed E-state index contributed by atoms with van der Waals surface area (Å²) < 4.78 is 31.5. The molecule has 0 aliphatic carbocycles. The molecule has 2 N–H and O–H groups in total. The van der Waals surface area contributed by atoms with Crippen LogP contribution in [0.25, 0.3) is 0 Å². The summed E-state index contributed by atoms with van der Waals surface area (Å²) in [6.07, 6.45) is 1.91. The van der Waals surface area contributed by atoms with E-state index in [4.69, 9.17) is 10.5 Å². The first-order valence-corrected chi connectivity index (χ1v) is 6.57. The van der Waals surface area contributed by atoms with E-state index >= 15 is 0 Å².